The van der Waals surface area contributed by atoms with Gasteiger partial charge in [-0.3, -0.25) is 14.3 Å². The monoisotopic (exact) mass is 349 g/mol. The average Bonchev–Trinajstić information content (AvgIpc) is 3.23. The van der Waals surface area contributed by atoms with Gasteiger partial charge in [0, 0.05) is 37.6 Å². The predicted octanol–water partition coefficient (Wildman–Crippen LogP) is 1.49. The summed E-state index contributed by atoms with van der Waals surface area (Å²) < 4.78 is 1.41. The van der Waals surface area contributed by atoms with Crippen LogP contribution in [-0.2, 0) is 11.3 Å². The van der Waals surface area contributed by atoms with Crippen molar-refractivity contribution in [2.45, 2.75) is 25.3 Å². The van der Waals surface area contributed by atoms with Gasteiger partial charge in [0.25, 0.3) is 5.91 Å². The fourth-order valence-corrected chi connectivity index (χ4v) is 3.52. The average molecular weight is 349 g/mol. The molecule has 0 saturated carbocycles. The SMILES string of the molecule is CNc1nc(C(=O)N2CCC[C@@H](c3ccn(CC(=O)O)n3)C2)cs1. The number of carboxylic acid groups (broad SMARTS) is 1. The van der Waals surface area contributed by atoms with Gasteiger partial charge >= 0.3 is 5.97 Å². The Morgan fingerprint density at radius 2 is 2.33 bits per heavy atom. The van der Waals surface area contributed by atoms with Crippen molar-refractivity contribution in [3.05, 3.63) is 29.0 Å². The Balaban J connectivity index is 1.68. The Labute approximate surface area is 143 Å². The zero-order valence-electron chi connectivity index (χ0n) is 13.3. The molecule has 8 nitrogen and oxygen atoms in total. The van der Waals surface area contributed by atoms with E-state index in [1.807, 2.05) is 6.07 Å². The maximum absolute atomic E-state index is 12.6. The van der Waals surface area contributed by atoms with Crippen LogP contribution in [0.5, 0.6) is 0 Å². The van der Waals surface area contributed by atoms with E-state index in [1.165, 1.54) is 16.0 Å². The van der Waals surface area contributed by atoms with Gasteiger partial charge in [-0.1, -0.05) is 0 Å². The zero-order chi connectivity index (χ0) is 17.1. The molecule has 1 saturated heterocycles. The van der Waals surface area contributed by atoms with Gasteiger partial charge in [0.2, 0.25) is 0 Å². The van der Waals surface area contributed by atoms with Crippen LogP contribution in [0.4, 0.5) is 5.13 Å². The highest BCUT2D eigenvalue weighted by atomic mass is 32.1. The van der Waals surface area contributed by atoms with Crippen LogP contribution in [0.25, 0.3) is 0 Å². The first-order valence-corrected chi connectivity index (χ1v) is 8.62. The minimum atomic E-state index is -0.922. The number of anilines is 1. The standard InChI is InChI=1S/C15H19N5O3S/c1-16-15-17-12(9-24-15)14(23)19-5-2-3-10(7-19)11-4-6-20(18-11)8-13(21)22/h4,6,9-10H,2-3,5,7-8H2,1H3,(H,16,17)(H,21,22)/t10-/m1/s1. The molecule has 1 aliphatic heterocycles. The van der Waals surface area contributed by atoms with Crippen molar-refractivity contribution in [3.63, 3.8) is 0 Å². The summed E-state index contributed by atoms with van der Waals surface area (Å²) in [4.78, 5) is 29.4. The minimum Gasteiger partial charge on any atom is -0.480 e. The highest BCUT2D eigenvalue weighted by molar-refractivity contribution is 7.13. The van der Waals surface area contributed by atoms with Gasteiger partial charge in [0.15, 0.2) is 5.13 Å². The number of carbonyl (C=O) groups is 2. The normalized spacial score (nSPS) is 17.7. The van der Waals surface area contributed by atoms with Gasteiger partial charge in [-0.25, -0.2) is 4.98 Å². The van der Waals surface area contributed by atoms with Crippen molar-refractivity contribution >= 4 is 28.3 Å². The van der Waals surface area contributed by atoms with Gasteiger partial charge in [-0.15, -0.1) is 11.3 Å². The number of amides is 1. The van der Waals surface area contributed by atoms with E-state index in [0.717, 1.165) is 23.7 Å². The molecule has 0 spiro atoms. The number of rotatable bonds is 5. The van der Waals surface area contributed by atoms with E-state index in [1.54, 1.807) is 23.5 Å². The summed E-state index contributed by atoms with van der Waals surface area (Å²) in [5, 5.41) is 18.6. The molecule has 0 aromatic carbocycles. The molecule has 1 amide bonds. The van der Waals surface area contributed by atoms with Crippen molar-refractivity contribution in [1.29, 1.82) is 0 Å². The van der Waals surface area contributed by atoms with Crippen molar-refractivity contribution < 1.29 is 14.7 Å². The molecular weight excluding hydrogens is 330 g/mol. The molecular formula is C15H19N5O3S. The number of carboxylic acids is 1. The molecule has 3 rings (SSSR count). The van der Waals surface area contributed by atoms with E-state index in [2.05, 4.69) is 15.4 Å². The summed E-state index contributed by atoms with van der Waals surface area (Å²) in [7, 11) is 1.78. The number of hydrogen-bond donors (Lipinski definition) is 2. The summed E-state index contributed by atoms with van der Waals surface area (Å²) >= 11 is 1.41. The second kappa shape index (κ2) is 7.00. The number of likely N-dealkylation sites (tertiary alicyclic amines) is 1. The predicted molar refractivity (Wildman–Crippen MR) is 89.4 cm³/mol. The Hall–Kier alpha value is -2.42. The molecule has 0 radical (unpaired) electrons. The first-order valence-electron chi connectivity index (χ1n) is 7.74. The molecule has 2 aromatic heterocycles. The zero-order valence-corrected chi connectivity index (χ0v) is 14.1. The van der Waals surface area contributed by atoms with Gasteiger partial charge in [0.05, 0.1) is 5.69 Å². The summed E-state index contributed by atoms with van der Waals surface area (Å²) in [5.41, 5.74) is 1.30. The number of aromatic nitrogens is 3. The molecule has 0 aliphatic carbocycles. The maximum Gasteiger partial charge on any atom is 0.325 e. The molecule has 0 unspecified atom stereocenters. The smallest absolute Gasteiger partial charge is 0.325 e. The lowest BCUT2D eigenvalue weighted by atomic mass is 9.95. The first-order chi connectivity index (χ1) is 11.6. The fraction of sp³-hybridized carbons (Fsp3) is 0.467. The number of aliphatic carboxylic acids is 1. The molecule has 2 N–H and O–H groups in total. The molecule has 1 fully saturated rings. The fourth-order valence-electron chi connectivity index (χ4n) is 2.87. The number of thiazole rings is 1. The van der Waals surface area contributed by atoms with E-state index in [4.69, 9.17) is 5.11 Å². The first kappa shape index (κ1) is 16.4. The summed E-state index contributed by atoms with van der Waals surface area (Å²) in [5.74, 6) is -0.864. The van der Waals surface area contributed by atoms with Crippen LogP contribution >= 0.6 is 11.3 Å². The van der Waals surface area contributed by atoms with Crippen molar-refractivity contribution in [3.8, 4) is 0 Å². The molecule has 24 heavy (non-hydrogen) atoms. The van der Waals surface area contributed by atoms with Crippen LogP contribution in [0, 0.1) is 0 Å². The topological polar surface area (TPSA) is 100 Å². The highest BCUT2D eigenvalue weighted by Crippen LogP contribution is 2.27. The molecule has 0 bridgehead atoms. The Kier molecular flexibility index (Phi) is 4.79. The van der Waals surface area contributed by atoms with E-state index < -0.39 is 5.97 Å². The van der Waals surface area contributed by atoms with Crippen molar-refractivity contribution in [2.75, 3.05) is 25.5 Å². The van der Waals surface area contributed by atoms with Gasteiger partial charge in [-0.05, 0) is 18.9 Å². The van der Waals surface area contributed by atoms with Crippen molar-refractivity contribution in [1.82, 2.24) is 19.7 Å². The Morgan fingerprint density at radius 3 is 3.04 bits per heavy atom. The second-order valence-corrected chi connectivity index (χ2v) is 6.57. The number of piperidine rings is 1. The quantitative estimate of drug-likeness (QED) is 0.848. The van der Waals surface area contributed by atoms with Crippen LogP contribution < -0.4 is 5.32 Å². The van der Waals surface area contributed by atoms with Gasteiger partial charge in [-0.2, -0.15) is 5.10 Å². The molecule has 2 aromatic rings. The van der Waals surface area contributed by atoms with E-state index in [-0.39, 0.29) is 18.4 Å². The van der Waals surface area contributed by atoms with Crippen LogP contribution in [0.1, 0.15) is 34.9 Å². The van der Waals surface area contributed by atoms with Gasteiger partial charge < -0.3 is 15.3 Å². The Morgan fingerprint density at radius 1 is 1.50 bits per heavy atom. The number of hydrogen-bond acceptors (Lipinski definition) is 6. The van der Waals surface area contributed by atoms with E-state index in [0.29, 0.717) is 18.8 Å². The van der Waals surface area contributed by atoms with E-state index >= 15 is 0 Å². The van der Waals surface area contributed by atoms with Crippen LogP contribution in [0.3, 0.4) is 0 Å². The second-order valence-electron chi connectivity index (χ2n) is 5.71. The van der Waals surface area contributed by atoms with Crippen LogP contribution in [0.15, 0.2) is 17.6 Å². The molecule has 9 heteroatoms. The summed E-state index contributed by atoms with van der Waals surface area (Å²) in [6, 6.07) is 1.84. The molecule has 1 atom stereocenters. The lowest BCUT2D eigenvalue weighted by Gasteiger charge is -2.31. The molecule has 128 valence electrons. The number of carbonyl (C=O) groups excluding carboxylic acids is 1. The third-order valence-corrected chi connectivity index (χ3v) is 4.88. The number of nitrogens with one attached hydrogen (secondary N) is 1. The third kappa shape index (κ3) is 3.56. The van der Waals surface area contributed by atoms with Crippen LogP contribution in [0.2, 0.25) is 0 Å². The molecule has 3 heterocycles. The van der Waals surface area contributed by atoms with Crippen molar-refractivity contribution in [2.24, 2.45) is 0 Å². The van der Waals surface area contributed by atoms with Crippen LogP contribution in [-0.4, -0.2) is 56.8 Å². The number of nitrogens with zero attached hydrogens (tertiary/aromatic N) is 4. The highest BCUT2D eigenvalue weighted by Gasteiger charge is 2.28. The van der Waals surface area contributed by atoms with E-state index in [9.17, 15) is 9.59 Å². The third-order valence-electron chi connectivity index (χ3n) is 4.02. The van der Waals surface area contributed by atoms with Gasteiger partial charge in [0.1, 0.15) is 12.2 Å². The maximum atomic E-state index is 12.6. The summed E-state index contributed by atoms with van der Waals surface area (Å²) in [6.45, 7) is 1.13. The summed E-state index contributed by atoms with van der Waals surface area (Å²) in [6.07, 6.45) is 3.50. The minimum absolute atomic E-state index is 0.0672. The lowest BCUT2D eigenvalue weighted by molar-refractivity contribution is -0.137. The Bertz CT molecular complexity index is 741. The lowest BCUT2D eigenvalue weighted by Crippen LogP contribution is -2.39. The molecule has 1 aliphatic rings. The largest absolute Gasteiger partial charge is 0.480 e.